The molecule has 1 fully saturated rings. The number of unbranched alkanes of at least 4 members (excludes halogenated alkanes) is 39. The van der Waals surface area contributed by atoms with Crippen molar-refractivity contribution in [2.24, 2.45) is 32.5 Å². The number of ether oxygens (including phenoxy) is 1. The molecule has 0 atom stereocenters. The van der Waals surface area contributed by atoms with E-state index in [1.807, 2.05) is 5.57 Å². The molecule has 0 aromatic carbocycles. The first-order valence-electron chi connectivity index (χ1n) is 43.4. The molecule has 0 N–H and O–H groups in total. The van der Waals surface area contributed by atoms with Gasteiger partial charge in [0.2, 0.25) is 0 Å². The van der Waals surface area contributed by atoms with Crippen LogP contribution < -0.4 is 0 Å². The van der Waals surface area contributed by atoms with Crippen molar-refractivity contribution < 1.29 is 4.74 Å². The van der Waals surface area contributed by atoms with Crippen LogP contribution in [0.1, 0.15) is 514 Å². The van der Waals surface area contributed by atoms with Crippen LogP contribution in [0.2, 0.25) is 0 Å². The highest BCUT2D eigenvalue weighted by molar-refractivity contribution is 5.41. The van der Waals surface area contributed by atoms with Gasteiger partial charge in [0.25, 0.3) is 0 Å². The average Bonchev–Trinajstić information content (AvgIpc) is 0.632. The molecule has 0 saturated heterocycles. The SMILES string of the molecule is CCCCCCC(COCC)=C(CCCCCC)C1(CCCCCC)C(CCCCCC)(CCCCCC)C(CCCCCC)(CCCCCC)C(CCCCCC)(CCCCCC)C(CCCCCC)(CCCCCC)C1(CCCCCC)CCCCCC. The normalized spacial score (nSPS) is 16.7. The van der Waals surface area contributed by atoms with Gasteiger partial charge in [-0.2, -0.15) is 0 Å². The standard InChI is InChI=1S/C89H176O/c1-15-29-42-55-68-82(81-90-28-14)83(69-56-43-30-16-2)89(80-67-54-41-27-13)87(76-63-50-37-23-9,77-64-51-38-24-10)85(72-59-46-33-19-5,73-60-47-34-20-6)84(70-57-44-31-17-3,71-58-45-32-18-4)86(74-61-48-35-21-7,75-62-49-36-22-8)88(89,78-65-52-39-25-11)79-66-53-40-26-12/h15-81H2,1-14H3. The fraction of sp³-hybridized carbons (Fsp3) is 0.978. The van der Waals surface area contributed by atoms with E-state index >= 15 is 0 Å². The lowest BCUT2D eigenvalue weighted by molar-refractivity contribution is -0.362. The highest BCUT2D eigenvalue weighted by Gasteiger charge is 2.83. The molecule has 0 aromatic rings. The molecule has 0 amide bonds. The van der Waals surface area contributed by atoms with E-state index in [-0.39, 0.29) is 27.1 Å². The molecule has 1 aliphatic carbocycles. The number of hydrogen-bond donors (Lipinski definition) is 0. The monoisotopic (exact) mass is 1260 g/mol. The predicted octanol–water partition coefficient (Wildman–Crippen LogP) is 32.9. The maximum atomic E-state index is 7.34. The smallest absolute Gasteiger partial charge is 0.0679 e. The van der Waals surface area contributed by atoms with Gasteiger partial charge >= 0.3 is 0 Å². The molecule has 1 rings (SSSR count). The summed E-state index contributed by atoms with van der Waals surface area (Å²) in [5, 5.41) is 0. The molecule has 538 valence electrons. The van der Waals surface area contributed by atoms with Crippen molar-refractivity contribution in [1.29, 1.82) is 0 Å². The Hall–Kier alpha value is -0.300. The Morgan fingerprint density at radius 2 is 0.378 bits per heavy atom. The molecule has 0 radical (unpaired) electrons. The zero-order chi connectivity index (χ0) is 66.2. The van der Waals surface area contributed by atoms with Crippen LogP contribution in [0.3, 0.4) is 0 Å². The fourth-order valence-electron chi connectivity index (χ4n) is 21.2. The largest absolute Gasteiger partial charge is 0.377 e. The van der Waals surface area contributed by atoms with Gasteiger partial charge in [-0.25, -0.2) is 0 Å². The first-order chi connectivity index (χ1) is 44.1. The van der Waals surface area contributed by atoms with E-state index in [0.29, 0.717) is 5.41 Å². The Morgan fingerprint density at radius 3 is 0.600 bits per heavy atom. The van der Waals surface area contributed by atoms with Crippen molar-refractivity contribution in [3.05, 3.63) is 11.1 Å². The molecule has 0 unspecified atom stereocenters. The molecule has 1 heteroatoms. The minimum absolute atomic E-state index is 0.120. The molecule has 0 aliphatic heterocycles. The van der Waals surface area contributed by atoms with E-state index in [0.717, 1.165) is 13.2 Å². The van der Waals surface area contributed by atoms with Gasteiger partial charge in [0, 0.05) is 12.0 Å². The van der Waals surface area contributed by atoms with E-state index in [1.54, 1.807) is 12.8 Å². The van der Waals surface area contributed by atoms with Gasteiger partial charge in [-0.05, 0) is 136 Å². The highest BCUT2D eigenvalue weighted by atomic mass is 16.5. The van der Waals surface area contributed by atoms with Crippen molar-refractivity contribution in [2.75, 3.05) is 13.2 Å². The minimum Gasteiger partial charge on any atom is -0.377 e. The van der Waals surface area contributed by atoms with Crippen LogP contribution in [0.15, 0.2) is 11.1 Å². The molecule has 90 heavy (non-hydrogen) atoms. The van der Waals surface area contributed by atoms with Crippen LogP contribution in [0.25, 0.3) is 0 Å². The van der Waals surface area contributed by atoms with Crippen LogP contribution in [0.4, 0.5) is 0 Å². The van der Waals surface area contributed by atoms with Crippen LogP contribution in [-0.2, 0) is 4.74 Å². The third kappa shape index (κ3) is 26.8. The van der Waals surface area contributed by atoms with E-state index < -0.39 is 0 Å². The summed E-state index contributed by atoms with van der Waals surface area (Å²) in [6.45, 7) is 37.1. The lowest BCUT2D eigenvalue weighted by atomic mass is 9.18. The van der Waals surface area contributed by atoms with Crippen LogP contribution in [-0.4, -0.2) is 13.2 Å². The van der Waals surface area contributed by atoms with Gasteiger partial charge in [-0.15, -0.1) is 0 Å². The molecular formula is C89H176O. The molecule has 1 nitrogen and oxygen atoms in total. The topological polar surface area (TPSA) is 9.23 Å². The molecule has 0 aromatic heterocycles. The summed E-state index contributed by atoms with van der Waals surface area (Å²) in [6.07, 6.45) is 93.0. The van der Waals surface area contributed by atoms with Gasteiger partial charge < -0.3 is 4.74 Å². The third-order valence-corrected chi connectivity index (χ3v) is 25.3. The number of rotatable bonds is 69. The molecule has 0 bridgehead atoms. The quantitative estimate of drug-likeness (QED) is 0.0436. The highest BCUT2D eigenvalue weighted by Crippen LogP contribution is 2.90. The maximum Gasteiger partial charge on any atom is 0.0679 e. The van der Waals surface area contributed by atoms with Gasteiger partial charge in [-0.3, -0.25) is 0 Å². The van der Waals surface area contributed by atoms with E-state index in [4.69, 9.17) is 4.74 Å². The third-order valence-electron chi connectivity index (χ3n) is 25.3. The van der Waals surface area contributed by atoms with Crippen molar-refractivity contribution >= 4 is 0 Å². The fourth-order valence-corrected chi connectivity index (χ4v) is 21.2. The first kappa shape index (κ1) is 87.7. The second-order valence-electron chi connectivity index (χ2n) is 31.6. The van der Waals surface area contributed by atoms with Crippen LogP contribution in [0.5, 0.6) is 0 Å². The summed E-state index contributed by atoms with van der Waals surface area (Å²) in [6, 6.07) is 0. The predicted molar refractivity (Wildman–Crippen MR) is 412 cm³/mol. The lowest BCUT2D eigenvalue weighted by Gasteiger charge is -2.86. The summed E-state index contributed by atoms with van der Waals surface area (Å²) < 4.78 is 7.34. The summed E-state index contributed by atoms with van der Waals surface area (Å²) >= 11 is 0. The molecule has 0 heterocycles. The van der Waals surface area contributed by atoms with Crippen molar-refractivity contribution in [1.82, 2.24) is 0 Å². The molecule has 1 aliphatic rings. The Morgan fingerprint density at radius 1 is 0.189 bits per heavy atom. The lowest BCUT2D eigenvalue weighted by Crippen LogP contribution is -2.79. The van der Waals surface area contributed by atoms with Gasteiger partial charge in [0.15, 0.2) is 0 Å². The van der Waals surface area contributed by atoms with Gasteiger partial charge in [0.05, 0.1) is 6.61 Å². The molecule has 0 spiro atoms. The minimum atomic E-state index is 0.120. The van der Waals surface area contributed by atoms with Gasteiger partial charge in [0.1, 0.15) is 0 Å². The summed E-state index contributed by atoms with van der Waals surface area (Å²) in [5.74, 6) is 0. The Kier molecular flexibility index (Phi) is 55.2. The average molecular weight is 1260 g/mol. The van der Waals surface area contributed by atoms with Crippen molar-refractivity contribution in [3.63, 3.8) is 0 Å². The second kappa shape index (κ2) is 56.7. The van der Waals surface area contributed by atoms with Crippen LogP contribution in [0, 0.1) is 32.5 Å². The Bertz CT molecular complexity index is 1430. The van der Waals surface area contributed by atoms with E-state index in [9.17, 15) is 0 Å². The summed E-state index contributed by atoms with van der Waals surface area (Å²) in [5.41, 5.74) is 5.46. The second-order valence-corrected chi connectivity index (χ2v) is 31.6. The number of hydrogen-bond acceptors (Lipinski definition) is 1. The Labute approximate surface area is 572 Å². The molecule has 1 saturated carbocycles. The van der Waals surface area contributed by atoms with E-state index in [2.05, 4.69) is 103 Å². The van der Waals surface area contributed by atoms with E-state index in [1.165, 1.54) is 405 Å². The zero-order valence-electron chi connectivity index (χ0n) is 65.8. The summed E-state index contributed by atoms with van der Waals surface area (Å²) in [7, 11) is 0. The van der Waals surface area contributed by atoms with Gasteiger partial charge in [-0.1, -0.05) is 417 Å². The zero-order valence-corrected chi connectivity index (χ0v) is 65.8. The number of allylic oxidation sites excluding steroid dienone is 1. The Balaban J connectivity index is 6.37. The van der Waals surface area contributed by atoms with Crippen LogP contribution >= 0.6 is 0 Å². The molecular weight excluding hydrogens is 1080 g/mol. The summed E-state index contributed by atoms with van der Waals surface area (Å²) in [4.78, 5) is 0. The maximum absolute atomic E-state index is 7.34. The first-order valence-corrected chi connectivity index (χ1v) is 43.4. The van der Waals surface area contributed by atoms with Crippen molar-refractivity contribution in [3.8, 4) is 0 Å². The van der Waals surface area contributed by atoms with Crippen molar-refractivity contribution in [2.45, 2.75) is 514 Å².